The van der Waals surface area contributed by atoms with Gasteiger partial charge < -0.3 is 9.64 Å². The summed E-state index contributed by atoms with van der Waals surface area (Å²) < 4.78 is 5.20. The van der Waals surface area contributed by atoms with Crippen molar-refractivity contribution in [1.29, 1.82) is 0 Å². The first-order valence-electron chi connectivity index (χ1n) is 7.60. The van der Waals surface area contributed by atoms with Crippen molar-refractivity contribution in [2.75, 3.05) is 25.6 Å². The first-order chi connectivity index (χ1) is 10.8. The quantitative estimate of drug-likeness (QED) is 0.685. The standard InChI is InChI=1S/C20H21NO/c1-21(15-14-16-10-12-18(22-2)13-11-16)20-9-5-7-17-6-3-4-8-19(17)20/h3-13H,14-15H2,1-2H3. The van der Waals surface area contributed by atoms with Crippen molar-refractivity contribution in [2.24, 2.45) is 0 Å². The smallest absolute Gasteiger partial charge is 0.118 e. The van der Waals surface area contributed by atoms with Crippen LogP contribution >= 0.6 is 0 Å². The molecule has 0 bridgehead atoms. The average Bonchev–Trinajstić information content (AvgIpc) is 2.59. The number of hydrogen-bond acceptors (Lipinski definition) is 2. The van der Waals surface area contributed by atoms with Crippen molar-refractivity contribution in [3.63, 3.8) is 0 Å². The molecule has 2 nitrogen and oxygen atoms in total. The number of likely N-dealkylation sites (N-methyl/N-ethyl adjacent to an activating group) is 1. The largest absolute Gasteiger partial charge is 0.497 e. The lowest BCUT2D eigenvalue weighted by Crippen LogP contribution is -2.20. The molecule has 22 heavy (non-hydrogen) atoms. The van der Waals surface area contributed by atoms with Gasteiger partial charge in [-0.2, -0.15) is 0 Å². The maximum atomic E-state index is 5.20. The van der Waals surface area contributed by atoms with E-state index in [4.69, 9.17) is 4.74 Å². The van der Waals surface area contributed by atoms with Crippen molar-refractivity contribution in [1.82, 2.24) is 0 Å². The fourth-order valence-corrected chi connectivity index (χ4v) is 2.75. The van der Waals surface area contributed by atoms with Crippen molar-refractivity contribution < 1.29 is 4.74 Å². The molecule has 3 rings (SSSR count). The van der Waals surface area contributed by atoms with Crippen LogP contribution in [0.3, 0.4) is 0 Å². The van der Waals surface area contributed by atoms with E-state index in [1.54, 1.807) is 7.11 Å². The van der Waals surface area contributed by atoms with Crippen LogP contribution in [0.1, 0.15) is 5.56 Å². The van der Waals surface area contributed by atoms with E-state index in [-0.39, 0.29) is 0 Å². The van der Waals surface area contributed by atoms with Gasteiger partial charge in [0.25, 0.3) is 0 Å². The lowest BCUT2D eigenvalue weighted by atomic mass is 10.1. The Bertz CT molecular complexity index is 744. The number of rotatable bonds is 5. The molecule has 0 aliphatic heterocycles. The molecule has 0 aromatic heterocycles. The van der Waals surface area contributed by atoms with Gasteiger partial charge in [-0.15, -0.1) is 0 Å². The van der Waals surface area contributed by atoms with Gasteiger partial charge in [0.1, 0.15) is 5.75 Å². The van der Waals surface area contributed by atoms with Gasteiger partial charge in [0.05, 0.1) is 7.11 Å². The van der Waals surface area contributed by atoms with Crippen LogP contribution in [-0.4, -0.2) is 20.7 Å². The molecule has 112 valence electrons. The Morgan fingerprint density at radius 1 is 0.864 bits per heavy atom. The molecule has 0 fully saturated rings. The Hall–Kier alpha value is -2.48. The van der Waals surface area contributed by atoms with Crippen LogP contribution in [0.25, 0.3) is 10.8 Å². The molecule has 0 unspecified atom stereocenters. The highest BCUT2D eigenvalue weighted by molar-refractivity contribution is 5.94. The summed E-state index contributed by atoms with van der Waals surface area (Å²) in [6.07, 6.45) is 1.02. The molecule has 0 heterocycles. The van der Waals surface area contributed by atoms with Gasteiger partial charge >= 0.3 is 0 Å². The van der Waals surface area contributed by atoms with E-state index in [2.05, 4.69) is 66.5 Å². The number of nitrogens with zero attached hydrogens (tertiary/aromatic N) is 1. The zero-order chi connectivity index (χ0) is 15.4. The Morgan fingerprint density at radius 3 is 2.36 bits per heavy atom. The summed E-state index contributed by atoms with van der Waals surface area (Å²) in [6.45, 7) is 0.986. The number of hydrogen-bond donors (Lipinski definition) is 0. The van der Waals surface area contributed by atoms with Crippen LogP contribution in [0.2, 0.25) is 0 Å². The van der Waals surface area contributed by atoms with Gasteiger partial charge in [-0.25, -0.2) is 0 Å². The van der Waals surface area contributed by atoms with Crippen molar-refractivity contribution >= 4 is 16.5 Å². The first kappa shape index (κ1) is 14.5. The molecule has 0 aliphatic rings. The molecule has 0 radical (unpaired) electrons. The monoisotopic (exact) mass is 291 g/mol. The minimum Gasteiger partial charge on any atom is -0.497 e. The maximum Gasteiger partial charge on any atom is 0.118 e. The second-order valence-electron chi connectivity index (χ2n) is 5.52. The zero-order valence-electron chi connectivity index (χ0n) is 13.1. The fourth-order valence-electron chi connectivity index (χ4n) is 2.75. The van der Waals surface area contributed by atoms with Crippen LogP contribution in [-0.2, 0) is 6.42 Å². The highest BCUT2D eigenvalue weighted by Crippen LogP contribution is 2.26. The topological polar surface area (TPSA) is 12.5 Å². The lowest BCUT2D eigenvalue weighted by molar-refractivity contribution is 0.414. The highest BCUT2D eigenvalue weighted by atomic mass is 16.5. The van der Waals surface area contributed by atoms with E-state index in [1.807, 2.05) is 12.1 Å². The molecule has 0 amide bonds. The van der Waals surface area contributed by atoms with E-state index < -0.39 is 0 Å². The number of fused-ring (bicyclic) bond motifs is 1. The molecule has 2 heteroatoms. The summed E-state index contributed by atoms with van der Waals surface area (Å²) in [5.74, 6) is 0.908. The predicted molar refractivity (Wildman–Crippen MR) is 93.9 cm³/mol. The summed E-state index contributed by atoms with van der Waals surface area (Å²) in [6, 6.07) is 23.3. The highest BCUT2D eigenvalue weighted by Gasteiger charge is 2.05. The zero-order valence-corrected chi connectivity index (χ0v) is 13.1. The number of methoxy groups -OCH3 is 1. The number of anilines is 1. The van der Waals surface area contributed by atoms with E-state index in [0.29, 0.717) is 0 Å². The van der Waals surface area contributed by atoms with Crippen LogP contribution < -0.4 is 9.64 Å². The molecular weight excluding hydrogens is 270 g/mol. The summed E-state index contributed by atoms with van der Waals surface area (Å²) in [4.78, 5) is 2.33. The number of ether oxygens (including phenoxy) is 1. The Morgan fingerprint density at radius 2 is 1.59 bits per heavy atom. The van der Waals surface area contributed by atoms with E-state index >= 15 is 0 Å². The fraction of sp³-hybridized carbons (Fsp3) is 0.200. The Balaban J connectivity index is 1.74. The van der Waals surface area contributed by atoms with E-state index in [1.165, 1.54) is 22.0 Å². The summed E-state index contributed by atoms with van der Waals surface area (Å²) in [5, 5.41) is 2.60. The van der Waals surface area contributed by atoms with Crippen molar-refractivity contribution in [2.45, 2.75) is 6.42 Å². The summed E-state index contributed by atoms with van der Waals surface area (Å²) in [7, 11) is 3.86. The van der Waals surface area contributed by atoms with Crippen LogP contribution in [0.15, 0.2) is 66.7 Å². The van der Waals surface area contributed by atoms with Crippen LogP contribution in [0.4, 0.5) is 5.69 Å². The van der Waals surface area contributed by atoms with Crippen molar-refractivity contribution in [3.8, 4) is 5.75 Å². The van der Waals surface area contributed by atoms with Gasteiger partial charge in [0.15, 0.2) is 0 Å². The molecule has 3 aromatic rings. The second-order valence-corrected chi connectivity index (χ2v) is 5.52. The lowest BCUT2D eigenvalue weighted by Gasteiger charge is -2.21. The van der Waals surface area contributed by atoms with Gasteiger partial charge in [-0.05, 0) is 35.6 Å². The van der Waals surface area contributed by atoms with Gasteiger partial charge in [-0.1, -0.05) is 48.5 Å². The molecule has 3 aromatic carbocycles. The third-order valence-corrected chi connectivity index (χ3v) is 4.07. The molecule has 0 saturated carbocycles. The molecule has 0 atom stereocenters. The van der Waals surface area contributed by atoms with Crippen LogP contribution in [0.5, 0.6) is 5.75 Å². The van der Waals surface area contributed by atoms with Gasteiger partial charge in [0.2, 0.25) is 0 Å². The number of benzene rings is 3. The first-order valence-corrected chi connectivity index (χ1v) is 7.60. The average molecular weight is 291 g/mol. The SMILES string of the molecule is COc1ccc(CCN(C)c2cccc3ccccc23)cc1. The Labute approximate surface area is 132 Å². The maximum absolute atomic E-state index is 5.20. The minimum atomic E-state index is 0.908. The predicted octanol–water partition coefficient (Wildman–Crippen LogP) is 4.53. The Kier molecular flexibility index (Phi) is 4.29. The summed E-state index contributed by atoms with van der Waals surface area (Å²) >= 11 is 0. The van der Waals surface area contributed by atoms with Crippen LogP contribution in [0, 0.1) is 0 Å². The summed E-state index contributed by atoms with van der Waals surface area (Å²) in [5.41, 5.74) is 2.61. The van der Waals surface area contributed by atoms with Gasteiger partial charge in [0, 0.05) is 24.7 Å². The molecule has 0 aliphatic carbocycles. The third-order valence-electron chi connectivity index (χ3n) is 4.07. The van der Waals surface area contributed by atoms with Gasteiger partial charge in [-0.3, -0.25) is 0 Å². The second kappa shape index (κ2) is 6.52. The van der Waals surface area contributed by atoms with Crippen molar-refractivity contribution in [3.05, 3.63) is 72.3 Å². The van der Waals surface area contributed by atoms with E-state index in [9.17, 15) is 0 Å². The molecule has 0 saturated heterocycles. The van der Waals surface area contributed by atoms with E-state index in [0.717, 1.165) is 18.7 Å². The normalized spacial score (nSPS) is 10.6. The third kappa shape index (κ3) is 3.06. The minimum absolute atomic E-state index is 0.908. The molecule has 0 N–H and O–H groups in total. The molecule has 0 spiro atoms. The molecular formula is C20H21NO.